The zero-order valence-electron chi connectivity index (χ0n) is 13.6. The molecule has 0 saturated carbocycles. The average molecular weight is 360 g/mol. The van der Waals surface area contributed by atoms with Crippen LogP contribution in [-0.2, 0) is 5.41 Å². The van der Waals surface area contributed by atoms with E-state index >= 15 is 0 Å². The maximum atomic E-state index is 4.83. The Morgan fingerprint density at radius 2 is 1.55 bits per heavy atom. The fraction of sp³-hybridized carbons (Fsp3) is 0.824. The predicted molar refractivity (Wildman–Crippen MR) is 94.8 cm³/mol. The average Bonchev–Trinajstić information content (AvgIpc) is 2.76. The van der Waals surface area contributed by atoms with E-state index in [1.54, 1.807) is 0 Å². The molecule has 1 aromatic heterocycles. The predicted octanol–water partition coefficient (Wildman–Crippen LogP) is 7.02. The number of thiazole rings is 1. The third-order valence-electron chi connectivity index (χ3n) is 4.17. The summed E-state index contributed by atoms with van der Waals surface area (Å²) in [6.45, 7) is 9.09. The van der Waals surface area contributed by atoms with Gasteiger partial charge in [-0.3, -0.25) is 0 Å². The van der Waals surface area contributed by atoms with Crippen LogP contribution in [0.1, 0.15) is 89.3 Å². The van der Waals surface area contributed by atoms with Gasteiger partial charge < -0.3 is 0 Å². The normalized spacial score (nSPS) is 14.4. The van der Waals surface area contributed by atoms with Crippen LogP contribution in [0.15, 0.2) is 3.79 Å². The first-order valence-corrected chi connectivity index (χ1v) is 9.78. The Labute approximate surface area is 137 Å². The zero-order valence-corrected chi connectivity index (χ0v) is 16.0. The maximum Gasteiger partial charge on any atom is 0.0998 e. The van der Waals surface area contributed by atoms with E-state index in [0.29, 0.717) is 0 Å². The molecule has 1 rings (SSSR count). The minimum absolute atomic E-state index is 0.282. The summed E-state index contributed by atoms with van der Waals surface area (Å²) in [5, 5.41) is 1.34. The summed E-state index contributed by atoms with van der Waals surface area (Å²) in [4.78, 5) is 4.83. The van der Waals surface area contributed by atoms with Gasteiger partial charge in [-0.25, -0.2) is 4.98 Å². The van der Waals surface area contributed by atoms with E-state index in [1.165, 1.54) is 66.6 Å². The number of halogens is 1. The van der Waals surface area contributed by atoms with Crippen LogP contribution >= 0.6 is 27.3 Å². The van der Waals surface area contributed by atoms with Gasteiger partial charge in [0.25, 0.3) is 0 Å². The third-order valence-corrected chi connectivity index (χ3v) is 6.48. The molecule has 3 heteroatoms. The van der Waals surface area contributed by atoms with Gasteiger partial charge in [0.05, 0.1) is 14.5 Å². The Bertz CT molecular complexity index is 369. The van der Waals surface area contributed by atoms with Gasteiger partial charge in [0.2, 0.25) is 0 Å². The lowest BCUT2D eigenvalue weighted by Gasteiger charge is -2.27. The SMILES string of the molecule is CCCCCCC(C)(CCCCC)c1nc(C)c(Br)s1. The number of aromatic nitrogens is 1. The van der Waals surface area contributed by atoms with Crippen LogP contribution in [-0.4, -0.2) is 4.98 Å². The molecule has 1 heterocycles. The van der Waals surface area contributed by atoms with Crippen molar-refractivity contribution in [1.82, 2.24) is 4.98 Å². The standard InChI is InChI=1S/C17H30BrNS/c1-5-7-9-11-13-17(4,12-10-8-6-2)16-19-14(3)15(18)20-16/h5-13H2,1-4H3. The van der Waals surface area contributed by atoms with Crippen molar-refractivity contribution in [3.63, 3.8) is 0 Å². The molecule has 0 N–H and O–H groups in total. The molecule has 1 nitrogen and oxygen atoms in total. The van der Waals surface area contributed by atoms with Crippen LogP contribution in [0.4, 0.5) is 0 Å². The molecular weight excluding hydrogens is 330 g/mol. The second-order valence-corrected chi connectivity index (χ2v) is 8.52. The molecule has 116 valence electrons. The van der Waals surface area contributed by atoms with Crippen molar-refractivity contribution in [3.05, 3.63) is 14.5 Å². The second-order valence-electron chi connectivity index (χ2n) is 6.21. The molecule has 0 fully saturated rings. The van der Waals surface area contributed by atoms with Crippen LogP contribution in [0.3, 0.4) is 0 Å². The molecule has 1 atom stereocenters. The van der Waals surface area contributed by atoms with Crippen molar-refractivity contribution in [2.75, 3.05) is 0 Å². The quantitative estimate of drug-likeness (QED) is 0.408. The summed E-state index contributed by atoms with van der Waals surface area (Å²) in [6.07, 6.45) is 11.9. The van der Waals surface area contributed by atoms with E-state index in [1.807, 2.05) is 11.3 Å². The molecule has 0 aromatic carbocycles. The molecule has 0 aliphatic carbocycles. The van der Waals surface area contributed by atoms with E-state index in [-0.39, 0.29) is 5.41 Å². The third kappa shape index (κ3) is 5.48. The summed E-state index contributed by atoms with van der Waals surface area (Å²) in [6, 6.07) is 0. The Hall–Kier alpha value is 0.110. The molecule has 1 aromatic rings. The van der Waals surface area contributed by atoms with Gasteiger partial charge in [0.1, 0.15) is 0 Å². The Morgan fingerprint density at radius 3 is 2.05 bits per heavy atom. The smallest absolute Gasteiger partial charge is 0.0998 e. The highest BCUT2D eigenvalue weighted by molar-refractivity contribution is 9.11. The van der Waals surface area contributed by atoms with Gasteiger partial charge >= 0.3 is 0 Å². The zero-order chi connectivity index (χ0) is 15.0. The van der Waals surface area contributed by atoms with E-state index in [0.717, 1.165) is 5.69 Å². The minimum Gasteiger partial charge on any atom is -0.245 e. The van der Waals surface area contributed by atoms with E-state index in [9.17, 15) is 0 Å². The van der Waals surface area contributed by atoms with Crippen molar-refractivity contribution in [2.45, 2.75) is 90.9 Å². The Balaban J connectivity index is 2.71. The molecule has 0 aliphatic rings. The van der Waals surface area contributed by atoms with Crippen LogP contribution in [0.25, 0.3) is 0 Å². The van der Waals surface area contributed by atoms with Crippen molar-refractivity contribution < 1.29 is 0 Å². The van der Waals surface area contributed by atoms with Gasteiger partial charge in [-0.05, 0) is 35.7 Å². The minimum atomic E-state index is 0.282. The van der Waals surface area contributed by atoms with Gasteiger partial charge in [-0.1, -0.05) is 65.7 Å². The molecular formula is C17H30BrNS. The topological polar surface area (TPSA) is 12.9 Å². The summed E-state index contributed by atoms with van der Waals surface area (Å²) in [5.41, 5.74) is 1.44. The van der Waals surface area contributed by atoms with E-state index in [2.05, 4.69) is 43.6 Å². The first kappa shape index (κ1) is 18.2. The van der Waals surface area contributed by atoms with Crippen molar-refractivity contribution >= 4 is 27.3 Å². The van der Waals surface area contributed by atoms with Crippen molar-refractivity contribution in [3.8, 4) is 0 Å². The lowest BCUT2D eigenvalue weighted by molar-refractivity contribution is 0.364. The van der Waals surface area contributed by atoms with E-state index in [4.69, 9.17) is 4.98 Å². The van der Waals surface area contributed by atoms with Gasteiger partial charge in [-0.2, -0.15) is 0 Å². The van der Waals surface area contributed by atoms with Gasteiger partial charge in [0.15, 0.2) is 0 Å². The fourth-order valence-electron chi connectivity index (χ4n) is 2.68. The van der Waals surface area contributed by atoms with Crippen molar-refractivity contribution in [2.24, 2.45) is 0 Å². The first-order chi connectivity index (χ1) is 9.53. The lowest BCUT2D eigenvalue weighted by atomic mass is 9.80. The second kappa shape index (κ2) is 9.19. The number of hydrogen-bond acceptors (Lipinski definition) is 2. The summed E-state index contributed by atoms with van der Waals surface area (Å²) < 4.78 is 1.21. The van der Waals surface area contributed by atoms with Crippen LogP contribution < -0.4 is 0 Å². The number of unbranched alkanes of at least 4 members (excludes halogenated alkanes) is 5. The Morgan fingerprint density at radius 1 is 1.00 bits per heavy atom. The number of nitrogens with zero attached hydrogens (tertiary/aromatic N) is 1. The molecule has 0 radical (unpaired) electrons. The van der Waals surface area contributed by atoms with Crippen LogP contribution in [0, 0.1) is 6.92 Å². The Kier molecular flexibility index (Phi) is 8.35. The summed E-state index contributed by atoms with van der Waals surface area (Å²) >= 11 is 5.49. The first-order valence-electron chi connectivity index (χ1n) is 8.17. The van der Waals surface area contributed by atoms with Crippen LogP contribution in [0.5, 0.6) is 0 Å². The molecule has 20 heavy (non-hydrogen) atoms. The highest BCUT2D eigenvalue weighted by atomic mass is 79.9. The largest absolute Gasteiger partial charge is 0.245 e. The highest BCUT2D eigenvalue weighted by Gasteiger charge is 2.29. The summed E-state index contributed by atoms with van der Waals surface area (Å²) in [7, 11) is 0. The molecule has 0 bridgehead atoms. The van der Waals surface area contributed by atoms with Gasteiger partial charge in [-0.15, -0.1) is 11.3 Å². The maximum absolute atomic E-state index is 4.83. The van der Waals surface area contributed by atoms with E-state index < -0.39 is 0 Å². The molecule has 1 unspecified atom stereocenters. The monoisotopic (exact) mass is 359 g/mol. The number of rotatable bonds is 10. The molecule has 0 saturated heterocycles. The molecule has 0 spiro atoms. The van der Waals surface area contributed by atoms with Crippen molar-refractivity contribution in [1.29, 1.82) is 0 Å². The fourth-order valence-corrected chi connectivity index (χ4v) is 4.23. The summed E-state index contributed by atoms with van der Waals surface area (Å²) in [5.74, 6) is 0. The molecule has 0 aliphatic heterocycles. The lowest BCUT2D eigenvalue weighted by Crippen LogP contribution is -2.22. The highest BCUT2D eigenvalue weighted by Crippen LogP contribution is 2.40. The van der Waals surface area contributed by atoms with Gasteiger partial charge in [0, 0.05) is 5.41 Å². The number of aryl methyl sites for hydroxylation is 1. The molecule has 0 amide bonds. The number of hydrogen-bond donors (Lipinski definition) is 0. The van der Waals surface area contributed by atoms with Crippen LogP contribution in [0.2, 0.25) is 0 Å².